The molecule has 102 valence electrons. The molecule has 1 amide bonds. The van der Waals surface area contributed by atoms with Crippen molar-refractivity contribution in [2.24, 2.45) is 0 Å². The predicted molar refractivity (Wildman–Crippen MR) is 71.6 cm³/mol. The van der Waals surface area contributed by atoms with Gasteiger partial charge >= 0.3 is 5.97 Å². The summed E-state index contributed by atoms with van der Waals surface area (Å²) >= 11 is 0. The quantitative estimate of drug-likeness (QED) is 0.821. The second-order valence-corrected chi connectivity index (χ2v) is 4.81. The van der Waals surface area contributed by atoms with Crippen LogP contribution in [0.3, 0.4) is 0 Å². The monoisotopic (exact) mass is 261 g/mol. The molecule has 1 aliphatic rings. The summed E-state index contributed by atoms with van der Waals surface area (Å²) in [6, 6.07) is 6.38. The number of hydrogen-bond acceptors (Lipinski definition) is 3. The van der Waals surface area contributed by atoms with Crippen molar-refractivity contribution in [3.05, 3.63) is 34.9 Å². The molecule has 1 aromatic carbocycles. The molecule has 4 nitrogen and oxygen atoms in total. The van der Waals surface area contributed by atoms with Gasteiger partial charge in [0, 0.05) is 13.0 Å². The number of nitrogens with one attached hydrogen (secondary N) is 1. The Morgan fingerprint density at radius 3 is 2.79 bits per heavy atom. The summed E-state index contributed by atoms with van der Waals surface area (Å²) < 4.78 is 4.49. The van der Waals surface area contributed by atoms with Gasteiger partial charge in [0.25, 0.3) is 0 Å². The largest absolute Gasteiger partial charge is 0.469 e. The zero-order valence-corrected chi connectivity index (χ0v) is 11.2. The number of hydrogen-bond donors (Lipinski definition) is 1. The van der Waals surface area contributed by atoms with Crippen molar-refractivity contribution < 1.29 is 14.3 Å². The first-order valence-corrected chi connectivity index (χ1v) is 6.63. The van der Waals surface area contributed by atoms with Crippen molar-refractivity contribution in [1.29, 1.82) is 0 Å². The number of fused-ring (bicyclic) bond motifs is 1. The molecule has 19 heavy (non-hydrogen) atoms. The maximum Gasteiger partial charge on any atom is 0.306 e. The second-order valence-electron chi connectivity index (χ2n) is 4.81. The first kappa shape index (κ1) is 13.6. The van der Waals surface area contributed by atoms with Gasteiger partial charge in [0.05, 0.1) is 13.5 Å². The normalized spacial score (nSPS) is 12.9. The van der Waals surface area contributed by atoms with Crippen LogP contribution in [-0.4, -0.2) is 19.0 Å². The minimum Gasteiger partial charge on any atom is -0.469 e. The number of esters is 1. The van der Waals surface area contributed by atoms with Crippen LogP contribution < -0.4 is 5.32 Å². The Balaban J connectivity index is 1.79. The van der Waals surface area contributed by atoms with E-state index in [2.05, 4.69) is 28.3 Å². The molecule has 0 atom stereocenters. The molecule has 0 spiro atoms. The molecule has 1 N–H and O–H groups in total. The molecular formula is C15H19NO3. The first-order chi connectivity index (χ1) is 9.19. The van der Waals surface area contributed by atoms with Crippen LogP contribution in [0.2, 0.25) is 0 Å². The molecule has 0 aromatic heterocycles. The number of amides is 1. The minimum absolute atomic E-state index is 0.120. The van der Waals surface area contributed by atoms with Crippen molar-refractivity contribution in [3.63, 3.8) is 0 Å². The van der Waals surface area contributed by atoms with Crippen LogP contribution in [0.5, 0.6) is 0 Å². The number of carbonyl (C=O) groups is 2. The van der Waals surface area contributed by atoms with E-state index in [0.717, 1.165) is 12.0 Å². The fraction of sp³-hybridized carbons (Fsp3) is 0.467. The molecule has 0 unspecified atom stereocenters. The van der Waals surface area contributed by atoms with Crippen LogP contribution in [-0.2, 0) is 33.7 Å². The van der Waals surface area contributed by atoms with Gasteiger partial charge in [0.15, 0.2) is 0 Å². The van der Waals surface area contributed by atoms with Gasteiger partial charge in [-0.25, -0.2) is 0 Å². The van der Waals surface area contributed by atoms with Gasteiger partial charge in [0.1, 0.15) is 0 Å². The van der Waals surface area contributed by atoms with Crippen molar-refractivity contribution in [3.8, 4) is 0 Å². The number of benzene rings is 1. The summed E-state index contributed by atoms with van der Waals surface area (Å²) in [5, 5.41) is 2.82. The lowest BCUT2D eigenvalue weighted by molar-refractivity contribution is -0.142. The Labute approximate surface area is 113 Å². The minimum atomic E-state index is -0.354. The standard InChI is InChI=1S/C15H19NO3/c1-19-15(18)8-7-14(17)16-10-11-5-6-12-3-2-4-13(12)9-11/h5-6,9H,2-4,7-8,10H2,1H3,(H,16,17). The summed E-state index contributed by atoms with van der Waals surface area (Å²) in [7, 11) is 1.32. The summed E-state index contributed by atoms with van der Waals surface area (Å²) in [5.41, 5.74) is 3.95. The number of ether oxygens (including phenoxy) is 1. The van der Waals surface area contributed by atoms with Gasteiger partial charge in [-0.15, -0.1) is 0 Å². The van der Waals surface area contributed by atoms with Gasteiger partial charge < -0.3 is 10.1 Å². The van der Waals surface area contributed by atoms with Crippen molar-refractivity contribution >= 4 is 11.9 Å². The molecule has 0 aliphatic heterocycles. The molecule has 0 saturated carbocycles. The molecule has 1 aromatic rings. The smallest absolute Gasteiger partial charge is 0.306 e. The van der Waals surface area contributed by atoms with Crippen molar-refractivity contribution in [1.82, 2.24) is 5.32 Å². The van der Waals surface area contributed by atoms with Gasteiger partial charge in [-0.05, 0) is 36.0 Å². The van der Waals surface area contributed by atoms with Crippen LogP contribution in [0, 0.1) is 0 Å². The molecule has 0 fully saturated rings. The maximum atomic E-state index is 11.6. The molecule has 1 aliphatic carbocycles. The summed E-state index contributed by atoms with van der Waals surface area (Å²) in [4.78, 5) is 22.5. The molecule has 2 rings (SSSR count). The van der Waals surface area contributed by atoms with Crippen molar-refractivity contribution in [2.45, 2.75) is 38.6 Å². The van der Waals surface area contributed by atoms with E-state index < -0.39 is 0 Å². The van der Waals surface area contributed by atoms with Crippen LogP contribution >= 0.6 is 0 Å². The second kappa shape index (κ2) is 6.36. The van der Waals surface area contributed by atoms with E-state index in [1.54, 1.807) is 0 Å². The average Bonchev–Trinajstić information content (AvgIpc) is 2.89. The SMILES string of the molecule is COC(=O)CCC(=O)NCc1ccc2c(c1)CCC2. The van der Waals surface area contributed by atoms with Gasteiger partial charge in [-0.3, -0.25) is 9.59 Å². The highest BCUT2D eigenvalue weighted by Crippen LogP contribution is 2.22. The Morgan fingerprint density at radius 2 is 2.00 bits per heavy atom. The molecule has 4 heteroatoms. The van der Waals surface area contributed by atoms with Crippen LogP contribution in [0.1, 0.15) is 36.0 Å². The van der Waals surface area contributed by atoms with Gasteiger partial charge in [-0.1, -0.05) is 18.2 Å². The molecule has 0 radical (unpaired) electrons. The van der Waals surface area contributed by atoms with Crippen LogP contribution in [0.15, 0.2) is 18.2 Å². The predicted octanol–water partition coefficient (Wildman–Crippen LogP) is 1.74. The average molecular weight is 261 g/mol. The first-order valence-electron chi connectivity index (χ1n) is 6.63. The lowest BCUT2D eigenvalue weighted by Crippen LogP contribution is -2.23. The third kappa shape index (κ3) is 3.81. The van der Waals surface area contributed by atoms with Crippen LogP contribution in [0.25, 0.3) is 0 Å². The Morgan fingerprint density at radius 1 is 1.21 bits per heavy atom. The Bertz CT molecular complexity index is 482. The number of methoxy groups -OCH3 is 1. The molecule has 0 saturated heterocycles. The lowest BCUT2D eigenvalue weighted by atomic mass is 10.1. The van der Waals surface area contributed by atoms with Gasteiger partial charge in [0.2, 0.25) is 5.91 Å². The lowest BCUT2D eigenvalue weighted by Gasteiger charge is -2.07. The third-order valence-electron chi connectivity index (χ3n) is 3.44. The number of aryl methyl sites for hydroxylation is 2. The van der Waals surface area contributed by atoms with Crippen LogP contribution in [0.4, 0.5) is 0 Å². The van der Waals surface area contributed by atoms with E-state index in [1.807, 2.05) is 0 Å². The van der Waals surface area contributed by atoms with Gasteiger partial charge in [-0.2, -0.15) is 0 Å². The number of carbonyl (C=O) groups excluding carboxylic acids is 2. The molecule has 0 heterocycles. The summed E-state index contributed by atoms with van der Waals surface area (Å²) in [6.45, 7) is 0.521. The number of rotatable bonds is 5. The highest BCUT2D eigenvalue weighted by molar-refractivity contribution is 5.81. The Hall–Kier alpha value is -1.84. The fourth-order valence-electron chi connectivity index (χ4n) is 2.34. The zero-order chi connectivity index (χ0) is 13.7. The summed E-state index contributed by atoms with van der Waals surface area (Å²) in [5.74, 6) is -0.474. The Kier molecular flexibility index (Phi) is 4.55. The zero-order valence-electron chi connectivity index (χ0n) is 11.2. The van der Waals surface area contributed by atoms with Crippen molar-refractivity contribution in [2.75, 3.05) is 7.11 Å². The van der Waals surface area contributed by atoms with E-state index in [0.29, 0.717) is 6.54 Å². The highest BCUT2D eigenvalue weighted by atomic mass is 16.5. The van der Waals surface area contributed by atoms with E-state index >= 15 is 0 Å². The highest BCUT2D eigenvalue weighted by Gasteiger charge is 2.11. The van der Waals surface area contributed by atoms with E-state index in [1.165, 1.54) is 31.1 Å². The van der Waals surface area contributed by atoms with E-state index in [9.17, 15) is 9.59 Å². The third-order valence-corrected chi connectivity index (χ3v) is 3.44. The molecular weight excluding hydrogens is 242 g/mol. The van der Waals surface area contributed by atoms with E-state index in [4.69, 9.17) is 0 Å². The maximum absolute atomic E-state index is 11.6. The van der Waals surface area contributed by atoms with E-state index in [-0.39, 0.29) is 24.7 Å². The molecule has 0 bridgehead atoms. The fourth-order valence-corrected chi connectivity index (χ4v) is 2.34. The summed E-state index contributed by atoms with van der Waals surface area (Å²) in [6.07, 6.45) is 3.84. The topological polar surface area (TPSA) is 55.4 Å².